The maximum atomic E-state index is 11.4. The van der Waals surface area contributed by atoms with E-state index in [1.54, 1.807) is 18.2 Å². The topological polar surface area (TPSA) is 65.8 Å². The van der Waals surface area contributed by atoms with E-state index >= 15 is 0 Å². The summed E-state index contributed by atoms with van der Waals surface area (Å²) in [4.78, 5) is 15.9. The molecule has 3 rings (SSSR count). The van der Waals surface area contributed by atoms with Crippen LogP contribution in [0.3, 0.4) is 0 Å². The molecule has 0 unspecified atom stereocenters. The number of hydrazone groups is 1. The van der Waals surface area contributed by atoms with Crippen molar-refractivity contribution in [3.63, 3.8) is 0 Å². The van der Waals surface area contributed by atoms with Crippen molar-refractivity contribution >= 4 is 63.1 Å². The highest BCUT2D eigenvalue weighted by molar-refractivity contribution is 8.14. The fourth-order valence-electron chi connectivity index (χ4n) is 2.20. The number of thioether (sulfide) groups is 1. The van der Waals surface area contributed by atoms with Crippen molar-refractivity contribution < 1.29 is 4.79 Å². The van der Waals surface area contributed by atoms with Gasteiger partial charge in [0.25, 0.3) is 0 Å². The molecule has 0 radical (unpaired) electrons. The summed E-state index contributed by atoms with van der Waals surface area (Å²) in [6.45, 7) is 1.82. The monoisotopic (exact) mass is 406 g/mol. The van der Waals surface area contributed by atoms with Crippen LogP contribution in [0.2, 0.25) is 10.0 Å². The molecule has 0 aliphatic carbocycles. The summed E-state index contributed by atoms with van der Waals surface area (Å²) in [6, 6.07) is 12.8. The van der Waals surface area contributed by atoms with Crippen molar-refractivity contribution in [1.29, 1.82) is 0 Å². The third-order valence-electron chi connectivity index (χ3n) is 3.59. The van der Waals surface area contributed by atoms with Crippen molar-refractivity contribution in [3.8, 4) is 0 Å². The summed E-state index contributed by atoms with van der Waals surface area (Å²) >= 11 is 13.6. The smallest absolute Gasteiger partial charge is 0.224 e. The van der Waals surface area contributed by atoms with E-state index in [1.807, 2.05) is 31.2 Å². The lowest BCUT2D eigenvalue weighted by atomic mass is 10.1. The number of rotatable bonds is 4. The number of anilines is 1. The Hall–Kier alpha value is -2.02. The van der Waals surface area contributed by atoms with E-state index in [4.69, 9.17) is 23.2 Å². The van der Waals surface area contributed by atoms with E-state index in [2.05, 4.69) is 20.8 Å². The molecule has 0 bridgehead atoms. The van der Waals surface area contributed by atoms with Gasteiger partial charge < -0.3 is 5.32 Å². The Morgan fingerprint density at radius 1 is 1.27 bits per heavy atom. The van der Waals surface area contributed by atoms with Gasteiger partial charge in [-0.05, 0) is 35.9 Å². The zero-order valence-electron chi connectivity index (χ0n) is 13.9. The lowest BCUT2D eigenvalue weighted by Gasteiger charge is -2.15. The number of nitrogens with one attached hydrogen (secondary N) is 2. The van der Waals surface area contributed by atoms with Crippen LogP contribution in [-0.4, -0.2) is 22.5 Å². The van der Waals surface area contributed by atoms with Gasteiger partial charge in [0, 0.05) is 22.9 Å². The van der Waals surface area contributed by atoms with Gasteiger partial charge in [-0.3, -0.25) is 10.2 Å². The van der Waals surface area contributed by atoms with Crippen molar-refractivity contribution in [2.45, 2.75) is 13.3 Å². The van der Waals surface area contributed by atoms with E-state index in [9.17, 15) is 4.79 Å². The maximum absolute atomic E-state index is 11.4. The predicted octanol–water partition coefficient (Wildman–Crippen LogP) is 5.07. The largest absolute Gasteiger partial charge is 0.326 e. The van der Waals surface area contributed by atoms with Gasteiger partial charge in [-0.15, -0.1) is 0 Å². The molecule has 8 heteroatoms. The van der Waals surface area contributed by atoms with Gasteiger partial charge in [0.1, 0.15) is 0 Å². The lowest BCUT2D eigenvalue weighted by molar-refractivity contribution is -0.115. The number of carbonyl (C=O) groups is 1. The van der Waals surface area contributed by atoms with E-state index in [1.165, 1.54) is 11.8 Å². The summed E-state index contributed by atoms with van der Waals surface area (Å²) in [7, 11) is 0. The molecule has 1 aliphatic rings. The second kappa shape index (κ2) is 8.58. The normalized spacial score (nSPS) is 15.3. The lowest BCUT2D eigenvalue weighted by Crippen LogP contribution is -2.25. The summed E-state index contributed by atoms with van der Waals surface area (Å²) in [6.07, 6.45) is 0.453. The predicted molar refractivity (Wildman–Crippen MR) is 111 cm³/mol. The van der Waals surface area contributed by atoms with Crippen LogP contribution < -0.4 is 10.7 Å². The molecule has 0 atom stereocenters. The summed E-state index contributed by atoms with van der Waals surface area (Å²) < 4.78 is 0. The third-order valence-corrected chi connectivity index (χ3v) is 5.00. The number of amides is 1. The first-order valence-electron chi connectivity index (χ1n) is 7.94. The molecular formula is C18H16Cl2N4OS. The Morgan fingerprint density at radius 2 is 2.04 bits per heavy atom. The number of aliphatic imine (C=N–C) groups is 1. The van der Waals surface area contributed by atoms with E-state index < -0.39 is 0 Å². The first-order chi connectivity index (χ1) is 12.5. The minimum Gasteiger partial charge on any atom is -0.326 e. The molecule has 0 spiro atoms. The van der Waals surface area contributed by atoms with Gasteiger partial charge in [0.2, 0.25) is 5.91 Å². The van der Waals surface area contributed by atoms with Crippen LogP contribution in [0.25, 0.3) is 0 Å². The van der Waals surface area contributed by atoms with E-state index in [0.717, 1.165) is 17.0 Å². The van der Waals surface area contributed by atoms with E-state index in [0.29, 0.717) is 33.1 Å². The Bertz CT molecular complexity index is 881. The average molecular weight is 407 g/mol. The van der Waals surface area contributed by atoms with Crippen molar-refractivity contribution in [2.24, 2.45) is 10.1 Å². The zero-order chi connectivity index (χ0) is 18.5. The van der Waals surface area contributed by atoms with Gasteiger partial charge in [0.15, 0.2) is 5.17 Å². The summed E-state index contributed by atoms with van der Waals surface area (Å²) in [5.74, 6) is 0.671. The second-order valence-corrected chi connectivity index (χ2v) is 7.26. The van der Waals surface area contributed by atoms with Crippen LogP contribution in [0.1, 0.15) is 18.9 Å². The number of halogens is 2. The Labute approximate surface area is 165 Å². The zero-order valence-corrected chi connectivity index (χ0v) is 16.3. The minimum absolute atomic E-state index is 0.00769. The highest BCUT2D eigenvalue weighted by atomic mass is 35.5. The number of nitrogens with zero attached hydrogens (tertiary/aromatic N) is 2. The molecule has 2 aromatic carbocycles. The van der Waals surface area contributed by atoms with Crippen LogP contribution in [0.5, 0.6) is 0 Å². The minimum atomic E-state index is -0.00769. The van der Waals surface area contributed by atoms with E-state index in [-0.39, 0.29) is 5.91 Å². The standard InChI is InChI=1S/C18H16Cl2N4OS/c1-2-17(25)21-13-6-3-11(4-7-13)16-10-26-18(24-23-16)22-15-8-5-12(19)9-14(15)20/h3-9H,2,10H2,1H3,(H,21,25)(H,22,24). The number of hydrogen-bond acceptors (Lipinski definition) is 4. The van der Waals surface area contributed by atoms with Gasteiger partial charge in [-0.2, -0.15) is 5.10 Å². The quantitative estimate of drug-likeness (QED) is 0.744. The Balaban J connectivity index is 1.69. The third kappa shape index (κ3) is 4.78. The van der Waals surface area contributed by atoms with Gasteiger partial charge in [-0.25, -0.2) is 4.99 Å². The van der Waals surface area contributed by atoms with Crippen LogP contribution in [0, 0.1) is 0 Å². The molecule has 0 saturated heterocycles. The highest BCUT2D eigenvalue weighted by Gasteiger charge is 2.14. The number of hydrogen-bond donors (Lipinski definition) is 2. The highest BCUT2D eigenvalue weighted by Crippen LogP contribution is 2.29. The van der Waals surface area contributed by atoms with Gasteiger partial charge in [-0.1, -0.05) is 54.0 Å². The van der Waals surface area contributed by atoms with Crippen LogP contribution in [0.15, 0.2) is 52.6 Å². The maximum Gasteiger partial charge on any atom is 0.224 e. The molecule has 0 saturated carbocycles. The number of amidine groups is 1. The molecule has 26 heavy (non-hydrogen) atoms. The van der Waals surface area contributed by atoms with Crippen LogP contribution >= 0.6 is 35.0 Å². The molecule has 0 fully saturated rings. The SMILES string of the molecule is CCC(=O)Nc1ccc(C2=NNC(=Nc3ccc(Cl)cc3Cl)SC2)cc1. The molecule has 1 heterocycles. The summed E-state index contributed by atoms with van der Waals surface area (Å²) in [5, 5.41) is 8.95. The Kier molecular flexibility index (Phi) is 6.19. The van der Waals surface area contributed by atoms with Crippen LogP contribution in [0.4, 0.5) is 11.4 Å². The molecule has 1 amide bonds. The molecule has 134 valence electrons. The molecule has 2 N–H and O–H groups in total. The molecule has 1 aliphatic heterocycles. The second-order valence-electron chi connectivity index (χ2n) is 5.45. The molecule has 0 aromatic heterocycles. The summed E-state index contributed by atoms with van der Waals surface area (Å²) in [5.41, 5.74) is 6.26. The molecular weight excluding hydrogens is 391 g/mol. The average Bonchev–Trinajstić information content (AvgIpc) is 2.65. The molecule has 2 aromatic rings. The van der Waals surface area contributed by atoms with Crippen molar-refractivity contribution in [2.75, 3.05) is 11.1 Å². The van der Waals surface area contributed by atoms with Crippen molar-refractivity contribution in [1.82, 2.24) is 5.43 Å². The fraction of sp³-hybridized carbons (Fsp3) is 0.167. The van der Waals surface area contributed by atoms with Crippen molar-refractivity contribution in [3.05, 3.63) is 58.1 Å². The first kappa shape index (κ1) is 18.8. The molecule has 5 nitrogen and oxygen atoms in total. The van der Waals surface area contributed by atoms with Gasteiger partial charge >= 0.3 is 0 Å². The number of carbonyl (C=O) groups excluding carboxylic acids is 1. The van der Waals surface area contributed by atoms with Crippen LogP contribution in [-0.2, 0) is 4.79 Å². The Morgan fingerprint density at radius 3 is 2.65 bits per heavy atom. The van der Waals surface area contributed by atoms with Gasteiger partial charge in [0.05, 0.1) is 16.4 Å². The fourth-order valence-corrected chi connectivity index (χ4v) is 3.43. The first-order valence-corrected chi connectivity index (χ1v) is 9.68. The number of benzene rings is 2.